The summed E-state index contributed by atoms with van der Waals surface area (Å²) in [6, 6.07) is 0. The van der Waals surface area contributed by atoms with Gasteiger partial charge in [0, 0.05) is 19.3 Å². The van der Waals surface area contributed by atoms with Crippen LogP contribution in [0.25, 0.3) is 0 Å². The first-order chi connectivity index (χ1) is 36.2. The fourth-order valence-corrected chi connectivity index (χ4v) is 7.87. The number of carbonyl (C=O) groups is 3. The van der Waals surface area contributed by atoms with Gasteiger partial charge in [-0.05, 0) is 122 Å². The number of carbonyl (C=O) groups excluding carboxylic acids is 3. The lowest BCUT2D eigenvalue weighted by atomic mass is 10.1. The Morgan fingerprint density at radius 1 is 0.392 bits per heavy atom. The molecule has 0 fully saturated rings. The molecule has 0 heterocycles. The number of phosphoric ester groups is 1. The SMILES string of the molecule is CC/C=C\C/C=C\C/C=C\C/C=C\C/C=C\CCCC(=O)OC(COC(=O)CCCCCCC/C=C\C/C=C\C/C=C\CC)COP(=O)(O)OCC(CO)OC(=O)CCCCCCC/C=C\C/C=C\CCCCC. The van der Waals surface area contributed by atoms with Crippen molar-refractivity contribution in [1.82, 2.24) is 0 Å². The van der Waals surface area contributed by atoms with Crippen molar-refractivity contribution >= 4 is 25.7 Å². The van der Waals surface area contributed by atoms with Gasteiger partial charge < -0.3 is 24.2 Å². The first-order valence-corrected chi connectivity index (χ1v) is 29.9. The number of allylic oxidation sites excluding steroid dienone is 20. The largest absolute Gasteiger partial charge is 0.472 e. The van der Waals surface area contributed by atoms with Crippen LogP contribution in [0.2, 0.25) is 0 Å². The van der Waals surface area contributed by atoms with Crippen molar-refractivity contribution in [2.45, 2.75) is 226 Å². The van der Waals surface area contributed by atoms with Crippen LogP contribution in [-0.2, 0) is 42.2 Å². The van der Waals surface area contributed by atoms with Crippen LogP contribution in [-0.4, -0.2) is 66.5 Å². The second-order valence-corrected chi connectivity index (χ2v) is 19.8. The highest BCUT2D eigenvalue weighted by atomic mass is 31.2. The molecule has 0 aliphatic heterocycles. The minimum Gasteiger partial charge on any atom is -0.462 e. The third-order valence-corrected chi connectivity index (χ3v) is 12.3. The van der Waals surface area contributed by atoms with Crippen molar-refractivity contribution in [3.8, 4) is 0 Å². The molecule has 0 aromatic carbocycles. The Balaban J connectivity index is 4.86. The van der Waals surface area contributed by atoms with E-state index in [1.54, 1.807) is 0 Å². The van der Waals surface area contributed by atoms with Crippen molar-refractivity contribution < 1.29 is 52.2 Å². The molecule has 74 heavy (non-hydrogen) atoms. The highest BCUT2D eigenvalue weighted by Gasteiger charge is 2.28. The summed E-state index contributed by atoms with van der Waals surface area (Å²) in [4.78, 5) is 48.5. The predicted octanol–water partition coefficient (Wildman–Crippen LogP) is 16.8. The fraction of sp³-hybridized carbons (Fsp3) is 0.629. The lowest BCUT2D eigenvalue weighted by Crippen LogP contribution is -2.30. The predicted molar refractivity (Wildman–Crippen MR) is 306 cm³/mol. The van der Waals surface area contributed by atoms with Gasteiger partial charge in [-0.15, -0.1) is 0 Å². The average Bonchev–Trinajstić information content (AvgIpc) is 3.39. The van der Waals surface area contributed by atoms with Crippen molar-refractivity contribution in [3.05, 3.63) is 122 Å². The number of ether oxygens (including phenoxy) is 3. The lowest BCUT2D eigenvalue weighted by Gasteiger charge is -2.21. The van der Waals surface area contributed by atoms with E-state index in [0.717, 1.165) is 128 Å². The van der Waals surface area contributed by atoms with Gasteiger partial charge in [0.1, 0.15) is 12.7 Å². The fourth-order valence-electron chi connectivity index (χ4n) is 7.08. The number of hydrogen-bond donors (Lipinski definition) is 2. The van der Waals surface area contributed by atoms with Crippen molar-refractivity contribution in [1.29, 1.82) is 0 Å². The standard InChI is InChI=1S/C62H101O11P/c1-4-7-10-13-16-19-22-25-28-29-32-35-38-41-44-47-50-53-62(66)73-59(55-69-60(64)51-48-45-42-39-36-33-30-26-23-20-17-14-11-8-5-2)57-71-74(67,68)70-56-58(54-63)72-61(65)52-49-46-43-40-37-34-31-27-24-21-18-15-12-9-6-3/h7-8,10-11,16-21,25-28,30-32,35,41,44,58-59,63H,4-6,9,12-15,22-24,29,33-34,36-40,42-43,45-57H2,1-3H3,(H,67,68)/b10-7-,11-8-,19-16-,20-17-,21-18-,28-25-,30-26-,31-27-,35-32-,44-41-. The summed E-state index contributed by atoms with van der Waals surface area (Å²) in [5.74, 6) is -1.58. The van der Waals surface area contributed by atoms with Crippen LogP contribution < -0.4 is 0 Å². The van der Waals surface area contributed by atoms with Gasteiger partial charge in [0.2, 0.25) is 0 Å². The van der Waals surface area contributed by atoms with E-state index in [-0.39, 0.29) is 25.9 Å². The molecule has 0 saturated heterocycles. The summed E-state index contributed by atoms with van der Waals surface area (Å²) in [6.45, 7) is 4.27. The van der Waals surface area contributed by atoms with E-state index in [1.165, 1.54) is 19.3 Å². The normalized spacial score (nSPS) is 14.3. The monoisotopic (exact) mass is 1050 g/mol. The van der Waals surface area contributed by atoms with Gasteiger partial charge in [0.05, 0.1) is 19.8 Å². The smallest absolute Gasteiger partial charge is 0.462 e. The van der Waals surface area contributed by atoms with Gasteiger partial charge in [-0.2, -0.15) is 0 Å². The van der Waals surface area contributed by atoms with E-state index in [1.807, 2.05) is 12.2 Å². The number of hydrogen-bond acceptors (Lipinski definition) is 10. The summed E-state index contributed by atoms with van der Waals surface area (Å²) in [6.07, 6.45) is 67.3. The Labute approximate surface area is 449 Å². The minimum absolute atomic E-state index is 0.0779. The van der Waals surface area contributed by atoms with Gasteiger partial charge in [0.15, 0.2) is 6.10 Å². The molecule has 0 aliphatic rings. The first kappa shape index (κ1) is 69.9. The van der Waals surface area contributed by atoms with Crippen LogP contribution in [0, 0.1) is 0 Å². The molecule has 2 N–H and O–H groups in total. The Hall–Kier alpha value is -4.12. The summed E-state index contributed by atoms with van der Waals surface area (Å²) in [5.41, 5.74) is 0. The molecular formula is C62H101O11P. The molecule has 0 bridgehead atoms. The quantitative estimate of drug-likeness (QED) is 0.0197. The zero-order valence-electron chi connectivity index (χ0n) is 46.3. The topological polar surface area (TPSA) is 155 Å². The molecule has 0 aromatic heterocycles. The molecule has 3 unspecified atom stereocenters. The van der Waals surface area contributed by atoms with Gasteiger partial charge in [0.25, 0.3) is 0 Å². The van der Waals surface area contributed by atoms with E-state index in [0.29, 0.717) is 25.7 Å². The van der Waals surface area contributed by atoms with Crippen molar-refractivity contribution in [2.75, 3.05) is 26.4 Å². The summed E-state index contributed by atoms with van der Waals surface area (Å²) >= 11 is 0. The summed E-state index contributed by atoms with van der Waals surface area (Å²) < 4.78 is 39.4. The van der Waals surface area contributed by atoms with Gasteiger partial charge in [-0.25, -0.2) is 4.57 Å². The second kappa shape index (κ2) is 55.1. The molecule has 420 valence electrons. The van der Waals surface area contributed by atoms with Crippen molar-refractivity contribution in [2.24, 2.45) is 0 Å². The minimum atomic E-state index is -4.78. The van der Waals surface area contributed by atoms with Gasteiger partial charge >= 0.3 is 25.7 Å². The number of aliphatic hydroxyl groups is 1. The summed E-state index contributed by atoms with van der Waals surface area (Å²) in [5, 5.41) is 9.81. The van der Waals surface area contributed by atoms with Crippen LogP contribution in [0.15, 0.2) is 122 Å². The Morgan fingerprint density at radius 2 is 0.716 bits per heavy atom. The maximum absolute atomic E-state index is 12.9. The van der Waals surface area contributed by atoms with Crippen LogP contribution in [0.4, 0.5) is 0 Å². The van der Waals surface area contributed by atoms with Crippen LogP contribution in [0.3, 0.4) is 0 Å². The zero-order chi connectivity index (χ0) is 54.1. The first-order valence-electron chi connectivity index (χ1n) is 28.4. The molecular weight excluding hydrogens is 952 g/mol. The molecule has 0 spiro atoms. The Kier molecular flexibility index (Phi) is 52.1. The average molecular weight is 1050 g/mol. The molecule has 3 atom stereocenters. The number of esters is 3. The molecule has 0 saturated carbocycles. The van der Waals surface area contributed by atoms with E-state index in [4.69, 9.17) is 23.3 Å². The highest BCUT2D eigenvalue weighted by molar-refractivity contribution is 7.47. The second-order valence-electron chi connectivity index (χ2n) is 18.3. The molecule has 0 rings (SSSR count). The van der Waals surface area contributed by atoms with E-state index < -0.39 is 57.8 Å². The van der Waals surface area contributed by atoms with Crippen LogP contribution in [0.5, 0.6) is 0 Å². The highest BCUT2D eigenvalue weighted by Crippen LogP contribution is 2.43. The van der Waals surface area contributed by atoms with Gasteiger partial charge in [-0.1, -0.05) is 194 Å². The van der Waals surface area contributed by atoms with Crippen molar-refractivity contribution in [3.63, 3.8) is 0 Å². The Bertz CT molecular complexity index is 1700. The van der Waals surface area contributed by atoms with E-state index in [2.05, 4.69) is 130 Å². The molecule has 0 amide bonds. The molecule has 12 heteroatoms. The number of unbranched alkanes of at least 4 members (excludes halogenated alkanes) is 14. The van der Waals surface area contributed by atoms with E-state index >= 15 is 0 Å². The number of rotatable bonds is 51. The van der Waals surface area contributed by atoms with Crippen LogP contribution in [0.1, 0.15) is 213 Å². The number of aliphatic hydroxyl groups excluding tert-OH is 1. The molecule has 11 nitrogen and oxygen atoms in total. The third-order valence-electron chi connectivity index (χ3n) is 11.3. The third kappa shape index (κ3) is 52.7. The van der Waals surface area contributed by atoms with E-state index in [9.17, 15) is 28.9 Å². The van der Waals surface area contributed by atoms with Gasteiger partial charge in [-0.3, -0.25) is 23.4 Å². The number of phosphoric acid groups is 1. The molecule has 0 aromatic rings. The maximum atomic E-state index is 12.9. The molecule has 0 aliphatic carbocycles. The maximum Gasteiger partial charge on any atom is 0.472 e. The Morgan fingerprint density at radius 3 is 1.14 bits per heavy atom. The molecule has 0 radical (unpaired) electrons. The van der Waals surface area contributed by atoms with Crippen LogP contribution >= 0.6 is 7.82 Å². The zero-order valence-corrected chi connectivity index (χ0v) is 47.2. The summed E-state index contributed by atoms with van der Waals surface area (Å²) in [7, 11) is -4.78. The lowest BCUT2D eigenvalue weighted by molar-refractivity contribution is -0.161.